The molecule has 0 spiro atoms. The van der Waals surface area contributed by atoms with Crippen molar-refractivity contribution in [3.8, 4) is 0 Å². The van der Waals surface area contributed by atoms with E-state index in [0.717, 1.165) is 0 Å². The minimum Gasteiger partial charge on any atom is -1.00 e. The molecule has 0 heterocycles. The summed E-state index contributed by atoms with van der Waals surface area (Å²) in [6, 6.07) is 0. The van der Waals surface area contributed by atoms with E-state index in [-0.39, 0.29) is 77.4 Å². The Morgan fingerprint density at radius 2 is 0.852 bits per heavy atom. The molecule has 0 atom stereocenters. The van der Waals surface area contributed by atoms with Crippen LogP contribution >= 0.6 is 0 Å². The predicted octanol–water partition coefficient (Wildman–Crippen LogP) is 1.56. The second-order valence-electron chi connectivity index (χ2n) is 4.33. The van der Waals surface area contributed by atoms with Crippen molar-refractivity contribution in [3.05, 3.63) is 23.6 Å². The van der Waals surface area contributed by atoms with E-state index >= 15 is 0 Å². The van der Waals surface area contributed by atoms with E-state index in [9.17, 15) is 61.5 Å². The molecule has 0 aliphatic heterocycles. The van der Waals surface area contributed by atoms with E-state index in [2.05, 4.69) is 0 Å². The number of alkyl halides is 9. The maximum atomic E-state index is 12.6. The average Bonchev–Trinajstić information content (AvgIpc) is 2.24. The maximum Gasteiger partial charge on any atom is 1.00 e. The van der Waals surface area contributed by atoms with Crippen LogP contribution in [0.5, 0.6) is 0 Å². The molecule has 0 nitrogen and oxygen atoms in total. The molecule has 0 N–H and O–H groups in total. The van der Waals surface area contributed by atoms with E-state index in [1.807, 2.05) is 0 Å². The number of halogens is 15. The van der Waals surface area contributed by atoms with Gasteiger partial charge in [0.25, 0.3) is 0 Å². The first-order valence-electron chi connectivity index (χ1n) is 5.15. The van der Waals surface area contributed by atoms with Gasteiger partial charge in [0.05, 0.1) is 11.0 Å². The summed E-state index contributed by atoms with van der Waals surface area (Å²) in [5.74, 6) is -3.79. The van der Waals surface area contributed by atoms with E-state index in [1.165, 1.54) is 0 Å². The smallest absolute Gasteiger partial charge is 1.00 e. The monoisotopic (exact) mass is 466 g/mol. The molecule has 0 aliphatic rings. The Hall–Kier alpha value is 0.0664. The van der Waals surface area contributed by atoms with Gasteiger partial charge in [-0.15, -0.1) is 0 Å². The fourth-order valence-electron chi connectivity index (χ4n) is 1.04. The van der Waals surface area contributed by atoms with E-state index in [1.54, 1.807) is 0 Å². The number of hydrogen-bond acceptors (Lipinski definition) is 0. The molecule has 160 valence electrons. The van der Waals surface area contributed by atoms with Crippen LogP contribution in [0.15, 0.2) is 23.6 Å². The molecule has 0 saturated carbocycles. The second-order valence-corrected chi connectivity index (χ2v) is 4.33. The van der Waals surface area contributed by atoms with Crippen molar-refractivity contribution in [2.45, 2.75) is 39.8 Å². The van der Waals surface area contributed by atoms with E-state index in [4.69, 9.17) is 0 Å². The largest absolute Gasteiger partial charge is 1.00 e. The van der Waals surface area contributed by atoms with Gasteiger partial charge >= 0.3 is 82.1 Å². The van der Waals surface area contributed by atoms with Crippen molar-refractivity contribution >= 4 is 0 Å². The van der Waals surface area contributed by atoms with Gasteiger partial charge in [0.1, 0.15) is 0 Å². The summed E-state index contributed by atoms with van der Waals surface area (Å²) < 4.78 is 163. The Balaban J connectivity index is -0.000000156. The summed E-state index contributed by atoms with van der Waals surface area (Å²) in [7, 11) is 0. The molecule has 16 heteroatoms. The fourth-order valence-corrected chi connectivity index (χ4v) is 1.04. The summed E-state index contributed by atoms with van der Waals surface area (Å²) in [6.45, 7) is -0.359. The first kappa shape index (κ1) is 37.8. The summed E-state index contributed by atoms with van der Waals surface area (Å²) >= 11 is 0. The topological polar surface area (TPSA) is 0 Å². The quantitative estimate of drug-likeness (QED) is 0.407. The third-order valence-corrected chi connectivity index (χ3v) is 2.23. The molecule has 0 radical (unpaired) electrons. The molecule has 0 saturated heterocycles. The van der Waals surface area contributed by atoms with Crippen molar-refractivity contribution in [2.75, 3.05) is 0 Å². The zero-order valence-corrected chi connectivity index (χ0v) is 15.8. The Bertz CT molecular complexity index is 473. The van der Waals surface area contributed by atoms with Crippen LogP contribution in [0, 0.1) is 5.41 Å². The van der Waals surface area contributed by atoms with Gasteiger partial charge in [-0.3, -0.25) is 0 Å². The molecular formula is C11H10F15K. The molecule has 0 aromatic rings. The molecule has 0 aromatic heterocycles. The van der Waals surface area contributed by atoms with Crippen molar-refractivity contribution < 1.29 is 118 Å². The van der Waals surface area contributed by atoms with Crippen LogP contribution < -0.4 is 56.1 Å². The van der Waals surface area contributed by atoms with Crippen LogP contribution in [-0.4, -0.2) is 18.5 Å². The normalized spacial score (nSPS) is 12.9. The van der Waals surface area contributed by atoms with Gasteiger partial charge in [0.2, 0.25) is 5.83 Å². The van der Waals surface area contributed by atoms with Crippen LogP contribution in [0.4, 0.5) is 61.5 Å². The summed E-state index contributed by atoms with van der Waals surface area (Å²) in [5, 5.41) is 0. The van der Waals surface area contributed by atoms with Crippen molar-refractivity contribution in [3.63, 3.8) is 0 Å². The molecule has 27 heavy (non-hydrogen) atoms. The standard InChI is InChI=1S/C8H6F10.C2F4.CH4.FH.K/c1-5(2,8(16,17)18)3(6(10,11)12)4(9)7(13,14)15;3-1(4)2(5)6;;;/h1-2H3;;1H4;1H;/q;;;;+1/p-1/b4-3+;;;;. The molecule has 0 bridgehead atoms. The third kappa shape index (κ3) is 12.3. The maximum absolute atomic E-state index is 12.6. The molecule has 0 amide bonds. The molecule has 0 aliphatic carbocycles. The summed E-state index contributed by atoms with van der Waals surface area (Å²) in [6.07, 6.45) is -23.8. The first-order valence-corrected chi connectivity index (χ1v) is 5.15. The molecular weight excluding hydrogens is 456 g/mol. The van der Waals surface area contributed by atoms with Gasteiger partial charge in [-0.2, -0.15) is 57.1 Å². The number of rotatable bonds is 1. The van der Waals surface area contributed by atoms with Gasteiger partial charge in [-0.1, -0.05) is 7.43 Å². The van der Waals surface area contributed by atoms with Gasteiger partial charge in [-0.25, -0.2) is 4.39 Å². The zero-order valence-electron chi connectivity index (χ0n) is 12.7. The Morgan fingerprint density at radius 1 is 0.593 bits per heavy atom. The summed E-state index contributed by atoms with van der Waals surface area (Å²) in [5.41, 5.74) is -7.32. The number of hydrogen-bond donors (Lipinski definition) is 0. The van der Waals surface area contributed by atoms with E-state index < -0.39 is 47.5 Å². The molecule has 0 aromatic carbocycles. The van der Waals surface area contributed by atoms with Crippen LogP contribution in [0.2, 0.25) is 0 Å². The minimum absolute atomic E-state index is 0. The Labute approximate surface area is 185 Å². The van der Waals surface area contributed by atoms with Crippen LogP contribution in [0.1, 0.15) is 21.3 Å². The van der Waals surface area contributed by atoms with Crippen molar-refractivity contribution in [1.82, 2.24) is 0 Å². The molecule has 0 unspecified atom stereocenters. The van der Waals surface area contributed by atoms with Crippen LogP contribution in [0.25, 0.3) is 0 Å². The van der Waals surface area contributed by atoms with Crippen molar-refractivity contribution in [2.24, 2.45) is 5.41 Å². The number of allylic oxidation sites excluding steroid dienone is 2. The minimum atomic E-state index is -6.15. The van der Waals surface area contributed by atoms with Gasteiger partial charge < -0.3 is 4.70 Å². The summed E-state index contributed by atoms with van der Waals surface area (Å²) in [4.78, 5) is 0. The zero-order chi connectivity index (χ0) is 20.3. The first-order chi connectivity index (χ1) is 10.2. The molecule has 0 rings (SSSR count). The third-order valence-electron chi connectivity index (χ3n) is 2.23. The molecule has 0 fully saturated rings. The van der Waals surface area contributed by atoms with Gasteiger partial charge in [-0.05, 0) is 13.8 Å². The van der Waals surface area contributed by atoms with Crippen LogP contribution in [0.3, 0.4) is 0 Å². The average molecular weight is 466 g/mol. The van der Waals surface area contributed by atoms with Crippen molar-refractivity contribution in [1.29, 1.82) is 0 Å². The van der Waals surface area contributed by atoms with Gasteiger partial charge in [0, 0.05) is 0 Å². The second kappa shape index (κ2) is 12.6. The Morgan fingerprint density at radius 3 is 0.963 bits per heavy atom. The Kier molecular flexibility index (Phi) is 17.6. The van der Waals surface area contributed by atoms with E-state index in [0.29, 0.717) is 0 Å². The fraction of sp³-hybridized carbons (Fsp3) is 0.636. The van der Waals surface area contributed by atoms with Gasteiger partial charge in [0.15, 0.2) is 0 Å². The van der Waals surface area contributed by atoms with Crippen LogP contribution in [-0.2, 0) is 0 Å². The SMILES string of the molecule is C.CC(C)(/C(=C(\F)C(F)(F)F)C(F)(F)F)C(F)(F)F.FC(F)=C(F)F.[F-].[K+]. The predicted molar refractivity (Wildman–Crippen MR) is 58.3 cm³/mol.